The summed E-state index contributed by atoms with van der Waals surface area (Å²) in [6, 6.07) is 26.4. The standard InChI is InChI=1S/C23H19ClN2O2/c24-20-12-14-21(15-13-20)28-17-23(27)26-25-22(19-9-5-2-6-10-19)16-11-18-7-3-1-4-8-18/h1-16H,17H2,(H,26,27)/b16-11+,25-22+. The van der Waals surface area contributed by atoms with E-state index in [4.69, 9.17) is 16.3 Å². The molecule has 1 amide bonds. The van der Waals surface area contributed by atoms with Crippen molar-refractivity contribution in [1.29, 1.82) is 0 Å². The van der Waals surface area contributed by atoms with Crippen molar-refractivity contribution < 1.29 is 9.53 Å². The Balaban J connectivity index is 1.67. The lowest BCUT2D eigenvalue weighted by Gasteiger charge is -2.06. The number of rotatable bonds is 7. The summed E-state index contributed by atoms with van der Waals surface area (Å²) in [6.45, 7) is -0.143. The third kappa shape index (κ3) is 6.11. The first-order chi connectivity index (χ1) is 13.7. The first-order valence-electron chi connectivity index (χ1n) is 8.74. The smallest absolute Gasteiger partial charge is 0.277 e. The van der Waals surface area contributed by atoms with Gasteiger partial charge in [-0.1, -0.05) is 78.3 Å². The Morgan fingerprint density at radius 3 is 2.25 bits per heavy atom. The van der Waals surface area contributed by atoms with Crippen molar-refractivity contribution in [3.8, 4) is 5.75 Å². The van der Waals surface area contributed by atoms with Gasteiger partial charge in [0.1, 0.15) is 5.75 Å². The lowest BCUT2D eigenvalue weighted by molar-refractivity contribution is -0.123. The van der Waals surface area contributed by atoms with E-state index in [0.29, 0.717) is 16.5 Å². The first kappa shape index (κ1) is 19.4. The third-order valence-corrected chi connectivity index (χ3v) is 4.04. The summed E-state index contributed by atoms with van der Waals surface area (Å²) in [4.78, 5) is 12.1. The van der Waals surface area contributed by atoms with Crippen molar-refractivity contribution in [2.75, 3.05) is 6.61 Å². The summed E-state index contributed by atoms with van der Waals surface area (Å²) in [5.74, 6) is 0.215. The quantitative estimate of drug-likeness (QED) is 0.458. The molecule has 0 spiro atoms. The molecule has 0 fully saturated rings. The molecule has 1 N–H and O–H groups in total. The maximum atomic E-state index is 12.1. The average Bonchev–Trinajstić information content (AvgIpc) is 2.75. The fourth-order valence-corrected chi connectivity index (χ4v) is 2.51. The second-order valence-electron chi connectivity index (χ2n) is 5.88. The topological polar surface area (TPSA) is 50.7 Å². The van der Waals surface area contributed by atoms with Crippen molar-refractivity contribution in [2.45, 2.75) is 0 Å². The second kappa shape index (κ2) is 10.1. The van der Waals surface area contributed by atoms with E-state index in [0.717, 1.165) is 11.1 Å². The van der Waals surface area contributed by atoms with Crippen molar-refractivity contribution in [3.05, 3.63) is 107 Å². The predicted octanol–water partition coefficient (Wildman–Crippen LogP) is 4.95. The minimum absolute atomic E-state index is 0.143. The lowest BCUT2D eigenvalue weighted by Crippen LogP contribution is -2.25. The average molecular weight is 391 g/mol. The van der Waals surface area contributed by atoms with Crippen LogP contribution in [0.4, 0.5) is 0 Å². The van der Waals surface area contributed by atoms with Gasteiger partial charge in [0, 0.05) is 10.6 Å². The van der Waals surface area contributed by atoms with Crippen LogP contribution in [-0.4, -0.2) is 18.2 Å². The highest BCUT2D eigenvalue weighted by molar-refractivity contribution is 6.30. The zero-order valence-electron chi connectivity index (χ0n) is 15.1. The second-order valence-corrected chi connectivity index (χ2v) is 6.32. The van der Waals surface area contributed by atoms with Gasteiger partial charge in [-0.2, -0.15) is 5.10 Å². The number of nitrogens with zero attached hydrogens (tertiary/aromatic N) is 1. The van der Waals surface area contributed by atoms with Gasteiger partial charge in [-0.15, -0.1) is 0 Å². The Morgan fingerprint density at radius 2 is 1.57 bits per heavy atom. The van der Waals surface area contributed by atoms with E-state index in [1.54, 1.807) is 24.3 Å². The monoisotopic (exact) mass is 390 g/mol. The molecule has 3 aromatic rings. The molecule has 28 heavy (non-hydrogen) atoms. The number of benzene rings is 3. The number of halogens is 1. The Bertz CT molecular complexity index is 953. The largest absolute Gasteiger partial charge is 0.484 e. The van der Waals surface area contributed by atoms with Crippen LogP contribution in [0.1, 0.15) is 11.1 Å². The molecule has 0 aliphatic rings. The van der Waals surface area contributed by atoms with E-state index < -0.39 is 0 Å². The number of hydrogen-bond acceptors (Lipinski definition) is 3. The van der Waals surface area contributed by atoms with Crippen molar-refractivity contribution in [2.24, 2.45) is 5.10 Å². The zero-order valence-corrected chi connectivity index (χ0v) is 15.8. The molecule has 0 aliphatic heterocycles. The number of carbonyl (C=O) groups excluding carboxylic acids is 1. The van der Waals surface area contributed by atoms with Crippen LogP contribution >= 0.6 is 11.6 Å². The van der Waals surface area contributed by atoms with Crippen LogP contribution in [0.2, 0.25) is 5.02 Å². The fourth-order valence-electron chi connectivity index (χ4n) is 2.38. The predicted molar refractivity (Wildman–Crippen MR) is 114 cm³/mol. The van der Waals surface area contributed by atoms with Crippen LogP contribution in [-0.2, 0) is 4.79 Å². The van der Waals surface area contributed by atoms with Crippen LogP contribution in [0.3, 0.4) is 0 Å². The summed E-state index contributed by atoms with van der Waals surface area (Å²) < 4.78 is 5.43. The SMILES string of the molecule is O=C(COc1ccc(Cl)cc1)N/N=C(\C=C\c1ccccc1)c1ccccc1. The maximum Gasteiger partial charge on any atom is 0.277 e. The van der Waals surface area contributed by atoms with E-state index in [1.807, 2.05) is 72.8 Å². The zero-order chi connectivity index (χ0) is 19.6. The molecule has 140 valence electrons. The van der Waals surface area contributed by atoms with E-state index >= 15 is 0 Å². The molecule has 0 aliphatic carbocycles. The van der Waals surface area contributed by atoms with Gasteiger partial charge in [0.2, 0.25) is 0 Å². The van der Waals surface area contributed by atoms with Gasteiger partial charge in [0.25, 0.3) is 5.91 Å². The Hall–Kier alpha value is -3.37. The molecule has 3 aromatic carbocycles. The maximum absolute atomic E-state index is 12.1. The van der Waals surface area contributed by atoms with Gasteiger partial charge in [-0.25, -0.2) is 5.43 Å². The third-order valence-electron chi connectivity index (χ3n) is 3.79. The van der Waals surface area contributed by atoms with Crippen molar-refractivity contribution in [3.63, 3.8) is 0 Å². The Kier molecular flexibility index (Phi) is 6.99. The van der Waals surface area contributed by atoms with Crippen LogP contribution in [0.5, 0.6) is 5.75 Å². The molecule has 3 rings (SSSR count). The minimum Gasteiger partial charge on any atom is -0.484 e. The van der Waals surface area contributed by atoms with Gasteiger partial charge in [-0.05, 0) is 35.9 Å². The molecule has 4 nitrogen and oxygen atoms in total. The van der Waals surface area contributed by atoms with Gasteiger partial charge in [0.15, 0.2) is 6.61 Å². The molecule has 0 atom stereocenters. The number of hydrazone groups is 1. The normalized spacial score (nSPS) is 11.4. The van der Waals surface area contributed by atoms with Crippen molar-refractivity contribution in [1.82, 2.24) is 5.43 Å². The highest BCUT2D eigenvalue weighted by Gasteiger charge is 2.04. The summed E-state index contributed by atoms with van der Waals surface area (Å²) in [7, 11) is 0. The molecule has 0 heterocycles. The van der Waals surface area contributed by atoms with E-state index in [9.17, 15) is 4.79 Å². The summed E-state index contributed by atoms with van der Waals surface area (Å²) in [5.41, 5.74) is 5.13. The van der Waals surface area contributed by atoms with E-state index in [1.165, 1.54) is 0 Å². The molecular formula is C23H19ClN2O2. The summed E-state index contributed by atoms with van der Waals surface area (Å²) in [5, 5.41) is 4.87. The lowest BCUT2D eigenvalue weighted by atomic mass is 10.1. The fraction of sp³-hybridized carbons (Fsp3) is 0.0435. The molecule has 5 heteroatoms. The number of ether oxygens (including phenoxy) is 1. The van der Waals surface area contributed by atoms with E-state index in [2.05, 4.69) is 10.5 Å². The summed E-state index contributed by atoms with van der Waals surface area (Å²) in [6.07, 6.45) is 3.81. The van der Waals surface area contributed by atoms with E-state index in [-0.39, 0.29) is 12.5 Å². The first-order valence-corrected chi connectivity index (χ1v) is 9.12. The van der Waals surface area contributed by atoms with Crippen molar-refractivity contribution >= 4 is 29.3 Å². The van der Waals surface area contributed by atoms with Gasteiger partial charge >= 0.3 is 0 Å². The minimum atomic E-state index is -0.350. The number of amides is 1. The van der Waals surface area contributed by atoms with Crippen LogP contribution in [0.15, 0.2) is 96.1 Å². The number of carbonyl (C=O) groups is 1. The molecule has 0 radical (unpaired) electrons. The van der Waals surface area contributed by atoms with Gasteiger partial charge < -0.3 is 4.74 Å². The summed E-state index contributed by atoms with van der Waals surface area (Å²) >= 11 is 5.83. The molecular weight excluding hydrogens is 372 g/mol. The molecule has 0 unspecified atom stereocenters. The highest BCUT2D eigenvalue weighted by Crippen LogP contribution is 2.15. The van der Waals surface area contributed by atoms with Crippen LogP contribution < -0.4 is 10.2 Å². The number of hydrogen-bond donors (Lipinski definition) is 1. The Labute approximate surface area is 169 Å². The van der Waals surface area contributed by atoms with Gasteiger partial charge in [0.05, 0.1) is 5.71 Å². The Morgan fingerprint density at radius 1 is 0.929 bits per heavy atom. The molecule has 0 saturated heterocycles. The number of allylic oxidation sites excluding steroid dienone is 1. The number of nitrogens with one attached hydrogen (secondary N) is 1. The highest BCUT2D eigenvalue weighted by atomic mass is 35.5. The molecule has 0 saturated carbocycles. The molecule has 0 aromatic heterocycles. The van der Waals surface area contributed by atoms with Crippen LogP contribution in [0, 0.1) is 0 Å². The van der Waals surface area contributed by atoms with Gasteiger partial charge in [-0.3, -0.25) is 4.79 Å². The molecule has 0 bridgehead atoms. The van der Waals surface area contributed by atoms with Crippen LogP contribution in [0.25, 0.3) is 6.08 Å².